The van der Waals surface area contributed by atoms with Gasteiger partial charge in [-0.15, -0.1) is 0 Å². The van der Waals surface area contributed by atoms with Gasteiger partial charge in [0.05, 0.1) is 26.4 Å². The largest absolute Gasteiger partial charge is 0.468 e. The van der Waals surface area contributed by atoms with Crippen LogP contribution in [0.1, 0.15) is 20.3 Å². The minimum atomic E-state index is -0.596. The average Bonchev–Trinajstić information content (AvgIpc) is 2.21. The number of carbonyl (C=O) groups is 1. The number of nitrogens with two attached hydrogens (primary N) is 1. The first-order valence-corrected chi connectivity index (χ1v) is 5.10. The summed E-state index contributed by atoms with van der Waals surface area (Å²) in [6, 6.07) is -0.596. The third-order valence-electron chi connectivity index (χ3n) is 1.76. The summed E-state index contributed by atoms with van der Waals surface area (Å²) in [5.41, 5.74) is 5.50. The fourth-order valence-electron chi connectivity index (χ4n) is 0.924. The summed E-state index contributed by atoms with van der Waals surface area (Å²) in [4.78, 5) is 10.9. The minimum absolute atomic E-state index is 0.214. The molecule has 0 fully saturated rings. The maximum Gasteiger partial charge on any atom is 0.322 e. The summed E-state index contributed by atoms with van der Waals surface area (Å²) in [6.07, 6.45) is 0.680. The van der Waals surface area contributed by atoms with E-state index in [2.05, 4.69) is 4.74 Å². The van der Waals surface area contributed by atoms with Gasteiger partial charge in [-0.25, -0.2) is 0 Å². The van der Waals surface area contributed by atoms with Crippen LogP contribution >= 0.6 is 0 Å². The average molecular weight is 219 g/mol. The first-order chi connectivity index (χ1) is 7.07. The number of carbonyl (C=O) groups excluding carboxylic acids is 1. The first-order valence-electron chi connectivity index (χ1n) is 5.10. The van der Waals surface area contributed by atoms with E-state index in [0.29, 0.717) is 26.2 Å². The lowest BCUT2D eigenvalue weighted by Crippen LogP contribution is -2.32. The smallest absolute Gasteiger partial charge is 0.322 e. The Morgan fingerprint density at radius 1 is 1.27 bits per heavy atom. The molecule has 2 N–H and O–H groups in total. The van der Waals surface area contributed by atoms with Crippen molar-refractivity contribution in [2.75, 3.05) is 26.9 Å². The number of ether oxygens (including phenoxy) is 3. The van der Waals surface area contributed by atoms with Gasteiger partial charge in [-0.3, -0.25) is 4.79 Å². The van der Waals surface area contributed by atoms with E-state index in [0.717, 1.165) is 0 Å². The Kier molecular flexibility index (Phi) is 8.27. The zero-order chi connectivity index (χ0) is 11.7. The van der Waals surface area contributed by atoms with Gasteiger partial charge in [0.15, 0.2) is 0 Å². The van der Waals surface area contributed by atoms with Gasteiger partial charge < -0.3 is 19.9 Å². The molecule has 0 spiro atoms. The molecule has 5 nitrogen and oxygen atoms in total. The molecule has 0 radical (unpaired) electrons. The fraction of sp³-hybridized carbons (Fsp3) is 0.900. The molecule has 1 unspecified atom stereocenters. The van der Waals surface area contributed by atoms with Crippen molar-refractivity contribution >= 4 is 5.97 Å². The van der Waals surface area contributed by atoms with Gasteiger partial charge in [0.25, 0.3) is 0 Å². The number of rotatable bonds is 8. The molecule has 15 heavy (non-hydrogen) atoms. The van der Waals surface area contributed by atoms with E-state index in [4.69, 9.17) is 15.2 Å². The van der Waals surface area contributed by atoms with Crippen molar-refractivity contribution in [3.05, 3.63) is 0 Å². The molecule has 0 aromatic heterocycles. The van der Waals surface area contributed by atoms with E-state index in [-0.39, 0.29) is 6.10 Å². The van der Waals surface area contributed by atoms with Gasteiger partial charge in [-0.2, -0.15) is 0 Å². The topological polar surface area (TPSA) is 70.8 Å². The van der Waals surface area contributed by atoms with Crippen LogP contribution in [0.2, 0.25) is 0 Å². The summed E-state index contributed by atoms with van der Waals surface area (Å²) in [6.45, 7) is 5.45. The predicted octanol–water partition coefficient (Wildman–Crippen LogP) is 0.318. The molecule has 0 amide bonds. The molecule has 0 heterocycles. The Morgan fingerprint density at radius 2 is 1.93 bits per heavy atom. The molecule has 1 atom stereocenters. The molecule has 0 saturated heterocycles. The third-order valence-corrected chi connectivity index (χ3v) is 1.76. The van der Waals surface area contributed by atoms with Crippen molar-refractivity contribution in [1.82, 2.24) is 0 Å². The molecule has 0 rings (SSSR count). The highest BCUT2D eigenvalue weighted by molar-refractivity contribution is 5.75. The lowest BCUT2D eigenvalue weighted by Gasteiger charge is -2.10. The summed E-state index contributed by atoms with van der Waals surface area (Å²) >= 11 is 0. The molecule has 5 heteroatoms. The summed E-state index contributed by atoms with van der Waals surface area (Å²) in [5, 5.41) is 0. The van der Waals surface area contributed by atoms with Crippen LogP contribution in [-0.4, -0.2) is 45.0 Å². The van der Waals surface area contributed by atoms with Crippen LogP contribution in [0.15, 0.2) is 0 Å². The maximum atomic E-state index is 10.9. The minimum Gasteiger partial charge on any atom is -0.468 e. The highest BCUT2D eigenvalue weighted by Crippen LogP contribution is 1.93. The zero-order valence-corrected chi connectivity index (χ0v) is 9.69. The van der Waals surface area contributed by atoms with Gasteiger partial charge in [-0.05, 0) is 20.3 Å². The molecular weight excluding hydrogens is 198 g/mol. The molecule has 0 bridgehead atoms. The lowest BCUT2D eigenvalue weighted by atomic mass is 10.2. The van der Waals surface area contributed by atoms with Crippen molar-refractivity contribution in [3.63, 3.8) is 0 Å². The number of hydrogen-bond donors (Lipinski definition) is 1. The van der Waals surface area contributed by atoms with Crippen LogP contribution in [0.5, 0.6) is 0 Å². The van der Waals surface area contributed by atoms with Crippen LogP contribution < -0.4 is 5.73 Å². The summed E-state index contributed by atoms with van der Waals surface area (Å²) in [5.74, 6) is -0.406. The quantitative estimate of drug-likeness (QED) is 0.470. The molecule has 90 valence electrons. The highest BCUT2D eigenvalue weighted by Gasteiger charge is 2.12. The Morgan fingerprint density at radius 3 is 2.47 bits per heavy atom. The SMILES string of the molecule is COC(=O)C(N)CCOCCOC(C)C. The molecule has 0 aliphatic carbocycles. The number of hydrogen-bond acceptors (Lipinski definition) is 5. The Bertz CT molecular complexity index is 173. The van der Waals surface area contributed by atoms with Crippen molar-refractivity contribution in [3.8, 4) is 0 Å². The number of methoxy groups -OCH3 is 1. The van der Waals surface area contributed by atoms with E-state index >= 15 is 0 Å². The Labute approximate surface area is 90.9 Å². The molecule has 0 aromatic rings. The second-order valence-electron chi connectivity index (χ2n) is 3.45. The van der Waals surface area contributed by atoms with Gasteiger partial charge >= 0.3 is 5.97 Å². The van der Waals surface area contributed by atoms with Crippen molar-refractivity contribution in [2.45, 2.75) is 32.4 Å². The molecule has 0 aromatic carbocycles. The van der Waals surface area contributed by atoms with Crippen molar-refractivity contribution in [2.24, 2.45) is 5.73 Å². The van der Waals surface area contributed by atoms with E-state index in [9.17, 15) is 4.79 Å². The van der Waals surface area contributed by atoms with Gasteiger partial charge in [-0.1, -0.05) is 0 Å². The van der Waals surface area contributed by atoms with Crippen LogP contribution in [0.4, 0.5) is 0 Å². The Hall–Kier alpha value is -0.650. The fourth-order valence-corrected chi connectivity index (χ4v) is 0.924. The second-order valence-corrected chi connectivity index (χ2v) is 3.45. The maximum absolute atomic E-state index is 10.9. The monoisotopic (exact) mass is 219 g/mol. The molecule has 0 aliphatic heterocycles. The summed E-state index contributed by atoms with van der Waals surface area (Å²) in [7, 11) is 1.32. The van der Waals surface area contributed by atoms with Crippen LogP contribution in [-0.2, 0) is 19.0 Å². The lowest BCUT2D eigenvalue weighted by molar-refractivity contribution is -0.142. The van der Waals surface area contributed by atoms with Crippen molar-refractivity contribution in [1.29, 1.82) is 0 Å². The van der Waals surface area contributed by atoms with Crippen molar-refractivity contribution < 1.29 is 19.0 Å². The standard InChI is InChI=1S/C10H21NO4/c1-8(2)15-7-6-14-5-4-9(11)10(12)13-3/h8-9H,4-7,11H2,1-3H3. The van der Waals surface area contributed by atoms with Crippen LogP contribution in [0, 0.1) is 0 Å². The third kappa shape index (κ3) is 8.35. The molecule has 0 saturated carbocycles. The van der Waals surface area contributed by atoms with Gasteiger partial charge in [0.1, 0.15) is 6.04 Å². The van der Waals surface area contributed by atoms with E-state index < -0.39 is 12.0 Å². The van der Waals surface area contributed by atoms with Gasteiger partial charge in [0.2, 0.25) is 0 Å². The molecular formula is C10H21NO4. The van der Waals surface area contributed by atoms with E-state index in [1.807, 2.05) is 13.8 Å². The Balaban J connectivity index is 3.27. The predicted molar refractivity (Wildman–Crippen MR) is 56.5 cm³/mol. The van der Waals surface area contributed by atoms with Gasteiger partial charge in [0, 0.05) is 6.61 Å². The van der Waals surface area contributed by atoms with E-state index in [1.165, 1.54) is 7.11 Å². The molecule has 0 aliphatic rings. The highest BCUT2D eigenvalue weighted by atomic mass is 16.5. The summed E-state index contributed by atoms with van der Waals surface area (Å²) < 4.78 is 15.0. The second kappa shape index (κ2) is 8.64. The number of esters is 1. The van der Waals surface area contributed by atoms with E-state index in [1.54, 1.807) is 0 Å². The zero-order valence-electron chi connectivity index (χ0n) is 9.69. The van der Waals surface area contributed by atoms with Crippen LogP contribution in [0.3, 0.4) is 0 Å². The first kappa shape index (κ1) is 14.3. The normalized spacial score (nSPS) is 12.9. The van der Waals surface area contributed by atoms with Crippen LogP contribution in [0.25, 0.3) is 0 Å².